The van der Waals surface area contributed by atoms with Crippen LogP contribution in [0, 0.1) is 0 Å². The van der Waals surface area contributed by atoms with Gasteiger partial charge >= 0.3 is 0 Å². The standard InChI is InChI=1S/C19H24N4O/c1-2-9-23-10-8-17(11-18(23)15-6-4-3-5-7-15)22-19(24)16-12-20-14-21-13-16/h3-7,12-14,17-18H,2,8-11H2,1H3,(H,22,24). The summed E-state index contributed by atoms with van der Waals surface area (Å²) in [4.78, 5) is 22.7. The van der Waals surface area contributed by atoms with Crippen molar-refractivity contribution in [1.29, 1.82) is 0 Å². The number of aromatic nitrogens is 2. The number of hydrogen-bond donors (Lipinski definition) is 1. The van der Waals surface area contributed by atoms with Crippen molar-refractivity contribution in [2.75, 3.05) is 13.1 Å². The van der Waals surface area contributed by atoms with Gasteiger partial charge in [0.05, 0.1) is 5.56 Å². The minimum Gasteiger partial charge on any atom is -0.349 e. The lowest BCUT2D eigenvalue weighted by Crippen LogP contribution is -2.46. The molecular formula is C19H24N4O. The lowest BCUT2D eigenvalue weighted by molar-refractivity contribution is 0.0859. The van der Waals surface area contributed by atoms with Gasteiger partial charge in [-0.15, -0.1) is 0 Å². The van der Waals surface area contributed by atoms with Gasteiger partial charge in [0.1, 0.15) is 6.33 Å². The molecule has 1 aromatic carbocycles. The molecule has 1 aliphatic heterocycles. The second-order valence-electron chi connectivity index (χ2n) is 6.28. The van der Waals surface area contributed by atoms with Gasteiger partial charge in [0.2, 0.25) is 0 Å². The van der Waals surface area contributed by atoms with Crippen LogP contribution >= 0.6 is 0 Å². The van der Waals surface area contributed by atoms with Gasteiger partial charge in [-0.3, -0.25) is 9.69 Å². The van der Waals surface area contributed by atoms with Crippen LogP contribution in [-0.2, 0) is 0 Å². The summed E-state index contributed by atoms with van der Waals surface area (Å²) in [6, 6.07) is 11.1. The predicted molar refractivity (Wildman–Crippen MR) is 93.6 cm³/mol. The van der Waals surface area contributed by atoms with E-state index in [1.807, 2.05) is 6.07 Å². The van der Waals surface area contributed by atoms with Gasteiger partial charge in [-0.25, -0.2) is 9.97 Å². The van der Waals surface area contributed by atoms with Gasteiger partial charge in [-0.1, -0.05) is 37.3 Å². The van der Waals surface area contributed by atoms with Crippen LogP contribution in [0.2, 0.25) is 0 Å². The van der Waals surface area contributed by atoms with Crippen LogP contribution in [0.4, 0.5) is 0 Å². The molecule has 0 aliphatic carbocycles. The van der Waals surface area contributed by atoms with E-state index in [-0.39, 0.29) is 11.9 Å². The van der Waals surface area contributed by atoms with E-state index in [4.69, 9.17) is 0 Å². The molecule has 2 unspecified atom stereocenters. The average molecular weight is 324 g/mol. The van der Waals surface area contributed by atoms with Crippen molar-refractivity contribution in [3.8, 4) is 0 Å². The smallest absolute Gasteiger partial charge is 0.254 e. The van der Waals surface area contributed by atoms with Gasteiger partial charge in [0.25, 0.3) is 5.91 Å². The third-order valence-electron chi connectivity index (χ3n) is 4.57. The molecule has 2 heterocycles. The van der Waals surface area contributed by atoms with Gasteiger partial charge in [0, 0.05) is 31.0 Å². The number of hydrogen-bond acceptors (Lipinski definition) is 4. The SMILES string of the molecule is CCCN1CCC(NC(=O)c2cncnc2)CC1c1ccccc1. The van der Waals surface area contributed by atoms with Crippen LogP contribution in [0.3, 0.4) is 0 Å². The molecule has 126 valence electrons. The number of carbonyl (C=O) groups is 1. The van der Waals surface area contributed by atoms with Gasteiger partial charge < -0.3 is 5.32 Å². The number of piperidine rings is 1. The first-order chi connectivity index (χ1) is 11.8. The molecule has 5 heteroatoms. The van der Waals surface area contributed by atoms with E-state index in [2.05, 4.69) is 51.4 Å². The summed E-state index contributed by atoms with van der Waals surface area (Å²) >= 11 is 0. The molecule has 0 saturated carbocycles. The Kier molecular flexibility index (Phi) is 5.54. The zero-order chi connectivity index (χ0) is 16.8. The molecule has 2 aromatic rings. The molecule has 0 radical (unpaired) electrons. The van der Waals surface area contributed by atoms with Crippen molar-refractivity contribution in [3.63, 3.8) is 0 Å². The Hall–Kier alpha value is -2.27. The number of nitrogens with one attached hydrogen (secondary N) is 1. The highest BCUT2D eigenvalue weighted by Crippen LogP contribution is 2.31. The topological polar surface area (TPSA) is 58.1 Å². The van der Waals surface area contributed by atoms with Crippen LogP contribution < -0.4 is 5.32 Å². The summed E-state index contributed by atoms with van der Waals surface area (Å²) in [5.74, 6) is -0.0867. The normalized spacial score (nSPS) is 21.4. The van der Waals surface area contributed by atoms with Crippen molar-refractivity contribution in [2.45, 2.75) is 38.3 Å². The fourth-order valence-electron chi connectivity index (χ4n) is 3.41. The molecule has 2 atom stereocenters. The molecule has 0 spiro atoms. The summed E-state index contributed by atoms with van der Waals surface area (Å²) < 4.78 is 0. The molecule has 1 saturated heterocycles. The zero-order valence-corrected chi connectivity index (χ0v) is 14.1. The Morgan fingerprint density at radius 3 is 2.71 bits per heavy atom. The maximum Gasteiger partial charge on any atom is 0.254 e. The number of benzene rings is 1. The Labute approximate surface area is 143 Å². The quantitative estimate of drug-likeness (QED) is 0.919. The maximum atomic E-state index is 12.4. The van der Waals surface area contributed by atoms with Gasteiger partial charge in [-0.05, 0) is 31.4 Å². The van der Waals surface area contributed by atoms with Crippen LogP contribution in [0.1, 0.15) is 48.1 Å². The minimum absolute atomic E-state index is 0.0867. The summed E-state index contributed by atoms with van der Waals surface area (Å²) in [6.07, 6.45) is 7.60. The molecule has 1 fully saturated rings. The molecule has 24 heavy (non-hydrogen) atoms. The summed E-state index contributed by atoms with van der Waals surface area (Å²) in [6.45, 7) is 4.31. The van der Waals surface area contributed by atoms with E-state index in [1.54, 1.807) is 12.4 Å². The minimum atomic E-state index is -0.0867. The fraction of sp³-hybridized carbons (Fsp3) is 0.421. The summed E-state index contributed by atoms with van der Waals surface area (Å²) in [5, 5.41) is 3.15. The van der Waals surface area contributed by atoms with Gasteiger partial charge in [0.15, 0.2) is 0 Å². The number of nitrogens with zero attached hydrogens (tertiary/aromatic N) is 3. The maximum absolute atomic E-state index is 12.4. The van der Waals surface area contributed by atoms with E-state index >= 15 is 0 Å². The Morgan fingerprint density at radius 1 is 1.25 bits per heavy atom. The average Bonchev–Trinajstić information content (AvgIpc) is 2.64. The van der Waals surface area contributed by atoms with E-state index in [9.17, 15) is 4.79 Å². The zero-order valence-electron chi connectivity index (χ0n) is 14.1. The van der Waals surface area contributed by atoms with E-state index in [0.717, 1.165) is 32.4 Å². The van der Waals surface area contributed by atoms with Crippen molar-refractivity contribution >= 4 is 5.91 Å². The molecule has 1 aromatic heterocycles. The van der Waals surface area contributed by atoms with E-state index in [1.165, 1.54) is 11.9 Å². The third kappa shape index (κ3) is 3.97. The van der Waals surface area contributed by atoms with E-state index < -0.39 is 0 Å². The lowest BCUT2D eigenvalue weighted by Gasteiger charge is -2.40. The Balaban J connectivity index is 1.70. The Morgan fingerprint density at radius 2 is 2.00 bits per heavy atom. The van der Waals surface area contributed by atoms with Crippen molar-refractivity contribution < 1.29 is 4.79 Å². The highest BCUT2D eigenvalue weighted by molar-refractivity contribution is 5.93. The first-order valence-electron chi connectivity index (χ1n) is 8.62. The van der Waals surface area contributed by atoms with Gasteiger partial charge in [-0.2, -0.15) is 0 Å². The largest absolute Gasteiger partial charge is 0.349 e. The second-order valence-corrected chi connectivity index (χ2v) is 6.28. The molecule has 5 nitrogen and oxygen atoms in total. The molecule has 1 N–H and O–H groups in total. The van der Waals surface area contributed by atoms with Crippen LogP contribution in [0.15, 0.2) is 49.1 Å². The third-order valence-corrected chi connectivity index (χ3v) is 4.57. The van der Waals surface area contributed by atoms with E-state index in [0.29, 0.717) is 11.6 Å². The fourth-order valence-corrected chi connectivity index (χ4v) is 3.41. The molecule has 1 amide bonds. The monoisotopic (exact) mass is 324 g/mol. The summed E-state index contributed by atoms with van der Waals surface area (Å²) in [5.41, 5.74) is 1.85. The number of carbonyl (C=O) groups excluding carboxylic acids is 1. The number of likely N-dealkylation sites (tertiary alicyclic amines) is 1. The summed E-state index contributed by atoms with van der Waals surface area (Å²) in [7, 11) is 0. The predicted octanol–water partition coefficient (Wildman–Crippen LogP) is 2.82. The molecule has 0 bridgehead atoms. The number of rotatable bonds is 5. The van der Waals surface area contributed by atoms with Crippen LogP contribution in [0.25, 0.3) is 0 Å². The Bertz CT molecular complexity index is 647. The highest BCUT2D eigenvalue weighted by Gasteiger charge is 2.30. The molecule has 3 rings (SSSR count). The van der Waals surface area contributed by atoms with Crippen molar-refractivity contribution in [3.05, 3.63) is 60.2 Å². The van der Waals surface area contributed by atoms with Crippen LogP contribution in [-0.4, -0.2) is 39.9 Å². The highest BCUT2D eigenvalue weighted by atomic mass is 16.1. The number of amides is 1. The first-order valence-corrected chi connectivity index (χ1v) is 8.62. The van der Waals surface area contributed by atoms with Crippen molar-refractivity contribution in [2.24, 2.45) is 0 Å². The lowest BCUT2D eigenvalue weighted by atomic mass is 9.91. The molecule has 1 aliphatic rings. The first kappa shape index (κ1) is 16.6. The van der Waals surface area contributed by atoms with Crippen molar-refractivity contribution in [1.82, 2.24) is 20.2 Å². The van der Waals surface area contributed by atoms with Crippen LogP contribution in [0.5, 0.6) is 0 Å². The molecular weight excluding hydrogens is 300 g/mol. The second kappa shape index (κ2) is 8.02.